The third-order valence-electron chi connectivity index (χ3n) is 4.16. The second kappa shape index (κ2) is 7.85. The average Bonchev–Trinajstić information content (AvgIpc) is 2.63. The van der Waals surface area contributed by atoms with Gasteiger partial charge >= 0.3 is 6.03 Å². The molecule has 25 heavy (non-hydrogen) atoms. The lowest BCUT2D eigenvalue weighted by molar-refractivity contribution is 0.208. The van der Waals surface area contributed by atoms with Gasteiger partial charge in [0, 0.05) is 41.9 Å². The zero-order valence-corrected chi connectivity index (χ0v) is 15.3. The van der Waals surface area contributed by atoms with Crippen molar-refractivity contribution in [2.24, 2.45) is 0 Å². The second-order valence-electron chi connectivity index (χ2n) is 5.73. The molecule has 0 aromatic heterocycles. The monoisotopic (exact) mass is 379 g/mol. The van der Waals surface area contributed by atoms with E-state index in [2.05, 4.69) is 10.2 Å². The number of carbonyl (C=O) groups is 1. The lowest BCUT2D eigenvalue weighted by atomic mass is 10.2. The van der Waals surface area contributed by atoms with Crippen LogP contribution in [0.4, 0.5) is 16.2 Å². The standard InChI is InChI=1S/C18H19Cl2N3O2/c1-25-17-7-4-14(20)12-16(17)21-18(24)23-10-8-22(9-11-23)15-5-2-13(19)3-6-15/h2-7,12H,8-11H2,1H3,(H,21,24). The SMILES string of the molecule is COc1ccc(Cl)cc1NC(=O)N1CCN(c2ccc(Cl)cc2)CC1. The molecule has 0 radical (unpaired) electrons. The van der Waals surface area contributed by atoms with Crippen molar-refractivity contribution in [2.45, 2.75) is 0 Å². The van der Waals surface area contributed by atoms with Crippen molar-refractivity contribution in [2.75, 3.05) is 43.5 Å². The number of carbonyl (C=O) groups excluding carboxylic acids is 1. The Kier molecular flexibility index (Phi) is 5.56. The fraction of sp³-hybridized carbons (Fsp3) is 0.278. The summed E-state index contributed by atoms with van der Waals surface area (Å²) in [6.45, 7) is 2.80. The zero-order chi connectivity index (χ0) is 17.8. The lowest BCUT2D eigenvalue weighted by Gasteiger charge is -2.36. The molecule has 0 spiro atoms. The maximum Gasteiger partial charge on any atom is 0.322 e. The highest BCUT2D eigenvalue weighted by atomic mass is 35.5. The van der Waals surface area contributed by atoms with E-state index in [-0.39, 0.29) is 6.03 Å². The molecule has 3 rings (SSSR count). The van der Waals surface area contributed by atoms with Gasteiger partial charge in [-0.3, -0.25) is 0 Å². The van der Waals surface area contributed by atoms with Crippen LogP contribution in [0.15, 0.2) is 42.5 Å². The zero-order valence-electron chi connectivity index (χ0n) is 13.8. The summed E-state index contributed by atoms with van der Waals surface area (Å²) in [7, 11) is 1.56. The number of rotatable bonds is 3. The normalized spacial score (nSPS) is 14.4. The third kappa shape index (κ3) is 4.30. The Morgan fingerprint density at radius 2 is 1.64 bits per heavy atom. The van der Waals surface area contributed by atoms with Crippen LogP contribution >= 0.6 is 23.2 Å². The molecular weight excluding hydrogens is 361 g/mol. The van der Waals surface area contributed by atoms with Crippen LogP contribution in [0, 0.1) is 0 Å². The van der Waals surface area contributed by atoms with Crippen molar-refractivity contribution >= 4 is 40.6 Å². The Labute approximate surface area is 157 Å². The smallest absolute Gasteiger partial charge is 0.322 e. The molecule has 2 aromatic carbocycles. The summed E-state index contributed by atoms with van der Waals surface area (Å²) in [5, 5.41) is 4.14. The first kappa shape index (κ1) is 17.7. The summed E-state index contributed by atoms with van der Waals surface area (Å²) < 4.78 is 5.26. The molecule has 1 saturated heterocycles. The summed E-state index contributed by atoms with van der Waals surface area (Å²) in [5.74, 6) is 0.581. The minimum Gasteiger partial charge on any atom is -0.495 e. The largest absolute Gasteiger partial charge is 0.495 e. The van der Waals surface area contributed by atoms with Crippen LogP contribution in [0.1, 0.15) is 0 Å². The van der Waals surface area contributed by atoms with E-state index in [1.165, 1.54) is 0 Å². The number of anilines is 2. The molecule has 0 aliphatic carbocycles. The number of hydrogen-bond donors (Lipinski definition) is 1. The van der Waals surface area contributed by atoms with E-state index in [1.807, 2.05) is 24.3 Å². The van der Waals surface area contributed by atoms with Crippen LogP contribution in [0.3, 0.4) is 0 Å². The number of halogens is 2. The first-order chi connectivity index (χ1) is 12.1. The maximum absolute atomic E-state index is 12.5. The van der Waals surface area contributed by atoms with Crippen molar-refractivity contribution < 1.29 is 9.53 Å². The van der Waals surface area contributed by atoms with E-state index in [0.717, 1.165) is 23.8 Å². The molecule has 1 N–H and O–H groups in total. The molecular formula is C18H19Cl2N3O2. The number of benzene rings is 2. The van der Waals surface area contributed by atoms with Crippen molar-refractivity contribution in [3.8, 4) is 5.75 Å². The van der Waals surface area contributed by atoms with Gasteiger partial charge in [-0.15, -0.1) is 0 Å². The lowest BCUT2D eigenvalue weighted by Crippen LogP contribution is -2.50. The van der Waals surface area contributed by atoms with Gasteiger partial charge in [0.15, 0.2) is 0 Å². The van der Waals surface area contributed by atoms with E-state index in [9.17, 15) is 4.79 Å². The van der Waals surface area contributed by atoms with E-state index < -0.39 is 0 Å². The van der Waals surface area contributed by atoms with Crippen LogP contribution in [0.2, 0.25) is 10.0 Å². The van der Waals surface area contributed by atoms with E-state index >= 15 is 0 Å². The number of nitrogens with zero attached hydrogens (tertiary/aromatic N) is 2. The Hall–Kier alpha value is -2.11. The van der Waals surface area contributed by atoms with Crippen molar-refractivity contribution in [3.05, 3.63) is 52.5 Å². The van der Waals surface area contributed by atoms with Gasteiger partial charge in [-0.2, -0.15) is 0 Å². The molecule has 0 atom stereocenters. The van der Waals surface area contributed by atoms with Crippen molar-refractivity contribution in [1.82, 2.24) is 4.90 Å². The van der Waals surface area contributed by atoms with Crippen LogP contribution < -0.4 is 15.0 Å². The third-order valence-corrected chi connectivity index (χ3v) is 4.65. The molecule has 5 nitrogen and oxygen atoms in total. The Balaban J connectivity index is 1.60. The summed E-state index contributed by atoms with van der Waals surface area (Å²) in [5.41, 5.74) is 1.68. The number of amides is 2. The molecule has 1 aliphatic heterocycles. The molecule has 1 aliphatic rings. The molecule has 0 saturated carbocycles. The second-order valence-corrected chi connectivity index (χ2v) is 6.60. The fourth-order valence-corrected chi connectivity index (χ4v) is 3.09. The quantitative estimate of drug-likeness (QED) is 0.861. The average molecular weight is 380 g/mol. The van der Waals surface area contributed by atoms with Gasteiger partial charge in [-0.1, -0.05) is 23.2 Å². The molecule has 132 valence electrons. The first-order valence-corrected chi connectivity index (χ1v) is 8.72. The number of methoxy groups -OCH3 is 1. The molecule has 0 unspecified atom stereocenters. The Bertz CT molecular complexity index is 744. The minimum absolute atomic E-state index is 0.156. The van der Waals surface area contributed by atoms with E-state index in [0.29, 0.717) is 29.5 Å². The van der Waals surface area contributed by atoms with Crippen LogP contribution in [-0.4, -0.2) is 44.2 Å². The highest BCUT2D eigenvalue weighted by molar-refractivity contribution is 6.31. The maximum atomic E-state index is 12.5. The van der Waals surface area contributed by atoms with Crippen LogP contribution in [0.5, 0.6) is 5.75 Å². The molecule has 7 heteroatoms. The number of hydrogen-bond acceptors (Lipinski definition) is 3. The van der Waals surface area contributed by atoms with Crippen LogP contribution in [0.25, 0.3) is 0 Å². The fourth-order valence-electron chi connectivity index (χ4n) is 2.79. The van der Waals surface area contributed by atoms with Gasteiger partial charge < -0.3 is 19.9 Å². The summed E-state index contributed by atoms with van der Waals surface area (Å²) >= 11 is 11.9. The first-order valence-electron chi connectivity index (χ1n) is 7.97. The van der Waals surface area contributed by atoms with E-state index in [4.69, 9.17) is 27.9 Å². The van der Waals surface area contributed by atoms with Gasteiger partial charge in [0.05, 0.1) is 12.8 Å². The van der Waals surface area contributed by atoms with Crippen LogP contribution in [-0.2, 0) is 0 Å². The van der Waals surface area contributed by atoms with Gasteiger partial charge in [0.2, 0.25) is 0 Å². The molecule has 2 amide bonds. The molecule has 2 aromatic rings. The van der Waals surface area contributed by atoms with Gasteiger partial charge in [-0.05, 0) is 42.5 Å². The summed E-state index contributed by atoms with van der Waals surface area (Å²) in [6, 6.07) is 12.7. The highest BCUT2D eigenvalue weighted by Crippen LogP contribution is 2.28. The predicted octanol–water partition coefficient (Wildman–Crippen LogP) is 4.36. The summed E-state index contributed by atoms with van der Waals surface area (Å²) in [6.07, 6.45) is 0. The van der Waals surface area contributed by atoms with E-state index in [1.54, 1.807) is 30.2 Å². The topological polar surface area (TPSA) is 44.8 Å². The predicted molar refractivity (Wildman–Crippen MR) is 102 cm³/mol. The molecule has 0 bridgehead atoms. The number of urea groups is 1. The summed E-state index contributed by atoms with van der Waals surface area (Å²) in [4.78, 5) is 16.5. The molecule has 1 fully saturated rings. The van der Waals surface area contributed by atoms with Gasteiger partial charge in [0.25, 0.3) is 0 Å². The molecule has 1 heterocycles. The number of piperazine rings is 1. The minimum atomic E-state index is -0.156. The Morgan fingerprint density at radius 3 is 2.28 bits per heavy atom. The van der Waals surface area contributed by atoms with Crippen molar-refractivity contribution in [1.29, 1.82) is 0 Å². The number of nitrogens with one attached hydrogen (secondary N) is 1. The van der Waals surface area contributed by atoms with Gasteiger partial charge in [0.1, 0.15) is 5.75 Å². The highest BCUT2D eigenvalue weighted by Gasteiger charge is 2.22. The van der Waals surface area contributed by atoms with Crippen molar-refractivity contribution in [3.63, 3.8) is 0 Å². The number of ether oxygens (including phenoxy) is 1. The van der Waals surface area contributed by atoms with Gasteiger partial charge in [-0.25, -0.2) is 4.79 Å². The Morgan fingerprint density at radius 1 is 1.00 bits per heavy atom.